The molecule has 0 aliphatic heterocycles. The monoisotopic (exact) mass is 708 g/mol. The van der Waals surface area contributed by atoms with Gasteiger partial charge < -0.3 is 24.1 Å². The van der Waals surface area contributed by atoms with Crippen LogP contribution < -0.4 is 9.47 Å². The number of carbonyl (C=O) groups excluding carboxylic acids is 1. The lowest BCUT2D eigenvalue weighted by molar-refractivity contribution is 0.0686. The summed E-state index contributed by atoms with van der Waals surface area (Å²) in [5, 5.41) is 10.3. The van der Waals surface area contributed by atoms with Crippen LogP contribution in [-0.2, 0) is 14.9 Å². The maximum absolute atomic E-state index is 12.6. The lowest BCUT2D eigenvalue weighted by Crippen LogP contribution is -2.29. The zero-order valence-electron chi connectivity index (χ0n) is 23.7. The predicted molar refractivity (Wildman–Crippen MR) is 171 cm³/mol. The number of fused-ring (bicyclic) bond motifs is 3. The number of ether oxygens (including phenoxy) is 4. The average molecular weight is 710 g/mol. The Hall–Kier alpha value is -3.50. The van der Waals surface area contributed by atoms with Crippen LogP contribution in [0.1, 0.15) is 49.9 Å². The molecule has 0 amide bonds. The molecule has 0 saturated heterocycles. The number of carbonyl (C=O) groups is 2. The van der Waals surface area contributed by atoms with Crippen LogP contribution in [0, 0.1) is 0 Å². The van der Waals surface area contributed by atoms with E-state index in [4.69, 9.17) is 18.9 Å². The number of methoxy groups -OCH3 is 1. The van der Waals surface area contributed by atoms with Gasteiger partial charge in [0.1, 0.15) is 30.3 Å². The molecule has 0 spiro atoms. The van der Waals surface area contributed by atoms with Crippen molar-refractivity contribution in [3.8, 4) is 22.6 Å². The molecule has 0 radical (unpaired) electrons. The van der Waals surface area contributed by atoms with Crippen LogP contribution in [0.25, 0.3) is 11.1 Å². The van der Waals surface area contributed by atoms with Gasteiger partial charge in [0.05, 0.1) is 24.2 Å². The SMILES string of the molecule is CCOCCOc1ccc(C2(c3ccc(OCCOC)c(C=O)c3)c3cc(Br)ccc3-c3ccc(Br)cc32)cc1C(=O)O. The second-order valence-electron chi connectivity index (χ2n) is 9.90. The summed E-state index contributed by atoms with van der Waals surface area (Å²) in [5.41, 5.74) is 4.83. The normalized spacial score (nSPS) is 12.8. The van der Waals surface area contributed by atoms with Crippen LogP contribution in [0.3, 0.4) is 0 Å². The number of carboxylic acids is 1. The summed E-state index contributed by atoms with van der Waals surface area (Å²) in [4.78, 5) is 25.0. The molecule has 43 heavy (non-hydrogen) atoms. The molecule has 1 N–H and O–H groups in total. The molecule has 0 bridgehead atoms. The van der Waals surface area contributed by atoms with Crippen LogP contribution in [0.5, 0.6) is 11.5 Å². The van der Waals surface area contributed by atoms with Crippen LogP contribution in [0.4, 0.5) is 0 Å². The van der Waals surface area contributed by atoms with Gasteiger partial charge in [0.25, 0.3) is 0 Å². The summed E-state index contributed by atoms with van der Waals surface area (Å²) < 4.78 is 23.9. The number of benzene rings is 4. The Morgan fingerprint density at radius 1 is 0.791 bits per heavy atom. The van der Waals surface area contributed by atoms with Crippen LogP contribution in [0.15, 0.2) is 81.7 Å². The fourth-order valence-electron chi connectivity index (χ4n) is 5.71. The third kappa shape index (κ3) is 5.87. The van der Waals surface area contributed by atoms with E-state index in [1.807, 2.05) is 37.3 Å². The van der Waals surface area contributed by atoms with E-state index in [-0.39, 0.29) is 17.9 Å². The number of aromatic carboxylic acids is 1. The minimum Gasteiger partial charge on any atom is -0.490 e. The number of carboxylic acid groups (broad SMARTS) is 1. The van der Waals surface area contributed by atoms with Crippen molar-refractivity contribution in [2.24, 2.45) is 0 Å². The van der Waals surface area contributed by atoms with E-state index < -0.39 is 11.4 Å². The van der Waals surface area contributed by atoms with Gasteiger partial charge in [-0.2, -0.15) is 0 Å². The first-order valence-corrected chi connectivity index (χ1v) is 15.3. The van der Waals surface area contributed by atoms with Crippen LogP contribution >= 0.6 is 31.9 Å². The van der Waals surface area contributed by atoms with Gasteiger partial charge in [0, 0.05) is 22.7 Å². The van der Waals surface area contributed by atoms with E-state index in [1.165, 1.54) is 0 Å². The van der Waals surface area contributed by atoms with Crippen LogP contribution in [-0.4, -0.2) is 57.5 Å². The molecule has 222 valence electrons. The third-order valence-corrected chi connectivity index (χ3v) is 8.50. The second kappa shape index (κ2) is 13.4. The summed E-state index contributed by atoms with van der Waals surface area (Å²) in [6.45, 7) is 3.66. The maximum Gasteiger partial charge on any atom is 0.339 e. The van der Waals surface area contributed by atoms with E-state index in [1.54, 1.807) is 25.3 Å². The number of halogens is 2. The van der Waals surface area contributed by atoms with E-state index in [9.17, 15) is 14.7 Å². The average Bonchev–Trinajstić information content (AvgIpc) is 3.28. The van der Waals surface area contributed by atoms with Crippen molar-refractivity contribution in [3.63, 3.8) is 0 Å². The van der Waals surface area contributed by atoms with E-state index in [0.29, 0.717) is 43.3 Å². The Labute approximate surface area is 267 Å². The topological polar surface area (TPSA) is 91.3 Å². The molecule has 7 nitrogen and oxygen atoms in total. The molecule has 4 aromatic rings. The quantitative estimate of drug-likeness (QED) is 0.0999. The third-order valence-electron chi connectivity index (χ3n) is 7.51. The minimum atomic E-state index is -1.11. The Morgan fingerprint density at radius 2 is 1.37 bits per heavy atom. The fourth-order valence-corrected chi connectivity index (χ4v) is 6.43. The molecule has 1 aliphatic rings. The van der Waals surface area contributed by atoms with Crippen molar-refractivity contribution in [1.29, 1.82) is 0 Å². The molecule has 0 unspecified atom stereocenters. The van der Waals surface area contributed by atoms with Gasteiger partial charge in [0.2, 0.25) is 0 Å². The first kappa shape index (κ1) is 30.9. The highest BCUT2D eigenvalue weighted by Crippen LogP contribution is 2.57. The summed E-state index contributed by atoms with van der Waals surface area (Å²) in [5.74, 6) is -0.415. The lowest BCUT2D eigenvalue weighted by atomic mass is 9.67. The molecular weight excluding hydrogens is 680 g/mol. The highest BCUT2D eigenvalue weighted by Gasteiger charge is 2.47. The molecule has 0 heterocycles. The molecule has 0 fully saturated rings. The molecule has 1 aliphatic carbocycles. The summed E-state index contributed by atoms with van der Waals surface area (Å²) in [7, 11) is 1.59. The van der Waals surface area contributed by atoms with E-state index in [2.05, 4.69) is 56.1 Å². The van der Waals surface area contributed by atoms with E-state index in [0.717, 1.165) is 43.0 Å². The Bertz CT molecular complexity index is 1620. The zero-order chi connectivity index (χ0) is 30.6. The second-order valence-corrected chi connectivity index (χ2v) is 11.7. The first-order valence-electron chi connectivity index (χ1n) is 13.7. The zero-order valence-corrected chi connectivity index (χ0v) is 26.9. The Morgan fingerprint density at radius 3 is 1.95 bits per heavy atom. The predicted octanol–water partition coefficient (Wildman–Crippen LogP) is 7.53. The van der Waals surface area contributed by atoms with Gasteiger partial charge in [-0.25, -0.2) is 4.79 Å². The van der Waals surface area contributed by atoms with Gasteiger partial charge in [-0.05, 0) is 88.8 Å². The number of aldehydes is 1. The smallest absolute Gasteiger partial charge is 0.339 e. The molecular formula is C34H30Br2O7. The molecule has 5 rings (SSSR count). The Balaban J connectivity index is 1.79. The standard InChI is InChI=1S/C34H30Br2O7/c1-3-41-13-15-43-32-11-5-23(17-28(32)33(38)39)34(22-4-10-31(21(16-22)20-37)42-14-12-40-2)29-18-24(35)6-8-26(29)27-9-7-25(36)19-30(27)34/h4-11,16-20H,3,12-15H2,1-2H3,(H,38,39). The highest BCUT2D eigenvalue weighted by atomic mass is 79.9. The van der Waals surface area contributed by atoms with E-state index >= 15 is 0 Å². The van der Waals surface area contributed by atoms with Gasteiger partial charge in [-0.1, -0.05) is 56.1 Å². The highest BCUT2D eigenvalue weighted by molar-refractivity contribution is 9.10. The first-order chi connectivity index (χ1) is 20.8. The van der Waals surface area contributed by atoms with Crippen LogP contribution in [0.2, 0.25) is 0 Å². The molecule has 9 heteroatoms. The minimum absolute atomic E-state index is 0.0310. The summed E-state index contributed by atoms with van der Waals surface area (Å²) in [6.07, 6.45) is 0.774. The number of hydrogen-bond donors (Lipinski definition) is 1. The van der Waals surface area contributed by atoms with Gasteiger partial charge >= 0.3 is 5.97 Å². The fraction of sp³-hybridized carbons (Fsp3) is 0.235. The molecule has 0 aromatic heterocycles. The van der Waals surface area contributed by atoms with Crippen molar-refractivity contribution < 1.29 is 33.6 Å². The van der Waals surface area contributed by atoms with Crippen molar-refractivity contribution in [2.45, 2.75) is 12.3 Å². The van der Waals surface area contributed by atoms with Crippen molar-refractivity contribution in [3.05, 3.63) is 115 Å². The summed E-state index contributed by atoms with van der Waals surface area (Å²) in [6, 6.07) is 23.0. The lowest BCUT2D eigenvalue weighted by Gasteiger charge is -2.35. The number of hydrogen-bond acceptors (Lipinski definition) is 6. The number of rotatable bonds is 13. The molecule has 0 saturated carbocycles. The maximum atomic E-state index is 12.6. The largest absolute Gasteiger partial charge is 0.490 e. The van der Waals surface area contributed by atoms with Gasteiger partial charge in [-0.15, -0.1) is 0 Å². The summed E-state index contributed by atoms with van der Waals surface area (Å²) >= 11 is 7.33. The molecule has 0 atom stereocenters. The Kier molecular flexibility index (Phi) is 9.66. The van der Waals surface area contributed by atoms with Crippen molar-refractivity contribution in [1.82, 2.24) is 0 Å². The van der Waals surface area contributed by atoms with Gasteiger partial charge in [0.15, 0.2) is 6.29 Å². The van der Waals surface area contributed by atoms with Gasteiger partial charge in [-0.3, -0.25) is 4.79 Å². The molecule has 4 aromatic carbocycles. The van der Waals surface area contributed by atoms with Crippen molar-refractivity contribution in [2.75, 3.05) is 40.1 Å². The van der Waals surface area contributed by atoms with Crippen molar-refractivity contribution >= 4 is 44.1 Å².